The van der Waals surface area contributed by atoms with Gasteiger partial charge in [-0.15, -0.1) is 0 Å². The van der Waals surface area contributed by atoms with Gasteiger partial charge in [0.2, 0.25) is 0 Å². The van der Waals surface area contributed by atoms with E-state index in [1.165, 1.54) is 0 Å². The van der Waals surface area contributed by atoms with E-state index >= 15 is 0 Å². The first-order valence-electron chi connectivity index (χ1n) is 6.06. The molecule has 0 unspecified atom stereocenters. The van der Waals surface area contributed by atoms with Crippen LogP contribution in [0.25, 0.3) is 0 Å². The lowest BCUT2D eigenvalue weighted by Crippen LogP contribution is -2.17. The third-order valence-electron chi connectivity index (χ3n) is 3.14. The monoisotopic (exact) mass is 260 g/mol. The smallest absolute Gasteiger partial charge is 0.299 e. The molecular formula is C12H15F3N2O. The molecule has 100 valence electrons. The summed E-state index contributed by atoms with van der Waals surface area (Å²) in [5.74, 6) is -0.834. The minimum atomic E-state index is -4.43. The van der Waals surface area contributed by atoms with Gasteiger partial charge in [-0.2, -0.15) is 18.3 Å². The van der Waals surface area contributed by atoms with Crippen LogP contribution in [0.1, 0.15) is 43.8 Å². The van der Waals surface area contributed by atoms with E-state index in [2.05, 4.69) is 5.10 Å². The van der Waals surface area contributed by atoms with E-state index in [9.17, 15) is 18.0 Å². The third kappa shape index (κ3) is 3.58. The highest BCUT2D eigenvalue weighted by Gasteiger charge is 2.31. The highest BCUT2D eigenvalue weighted by atomic mass is 19.4. The lowest BCUT2D eigenvalue weighted by molar-refractivity contribution is -0.151. The SMILES string of the molecule is O=C(Cc1ccn(C2CCCC2)n1)CC(F)(F)F. The van der Waals surface area contributed by atoms with Gasteiger partial charge in [0.1, 0.15) is 12.2 Å². The molecule has 0 N–H and O–H groups in total. The summed E-state index contributed by atoms with van der Waals surface area (Å²) in [4.78, 5) is 11.2. The quantitative estimate of drug-likeness (QED) is 0.834. The molecule has 1 heterocycles. The predicted octanol–water partition coefficient (Wildman–Crippen LogP) is 3.06. The largest absolute Gasteiger partial charge is 0.395 e. The Bertz CT molecular complexity index is 419. The van der Waals surface area contributed by atoms with Crippen LogP contribution in [-0.4, -0.2) is 21.7 Å². The predicted molar refractivity (Wildman–Crippen MR) is 59.1 cm³/mol. The fourth-order valence-corrected chi connectivity index (χ4v) is 2.33. The number of Topliss-reactive ketones (excluding diaryl/α,β-unsaturated/α-hetero) is 1. The number of rotatable bonds is 4. The van der Waals surface area contributed by atoms with Gasteiger partial charge in [0, 0.05) is 6.20 Å². The van der Waals surface area contributed by atoms with Crippen LogP contribution in [0.15, 0.2) is 12.3 Å². The topological polar surface area (TPSA) is 34.9 Å². The first-order chi connectivity index (χ1) is 8.44. The molecule has 1 aromatic rings. The van der Waals surface area contributed by atoms with Crippen LogP contribution >= 0.6 is 0 Å². The van der Waals surface area contributed by atoms with Gasteiger partial charge < -0.3 is 0 Å². The lowest BCUT2D eigenvalue weighted by Gasteiger charge is -2.08. The normalized spacial score (nSPS) is 17.3. The number of alkyl halides is 3. The van der Waals surface area contributed by atoms with Gasteiger partial charge in [-0.3, -0.25) is 9.48 Å². The van der Waals surface area contributed by atoms with Gasteiger partial charge in [0.15, 0.2) is 0 Å². The second kappa shape index (κ2) is 5.12. The summed E-state index contributed by atoms with van der Waals surface area (Å²) in [7, 11) is 0. The summed E-state index contributed by atoms with van der Waals surface area (Å²) in [6.45, 7) is 0. The number of aromatic nitrogens is 2. The van der Waals surface area contributed by atoms with Crippen molar-refractivity contribution >= 4 is 5.78 Å². The van der Waals surface area contributed by atoms with Crippen LogP contribution < -0.4 is 0 Å². The molecule has 18 heavy (non-hydrogen) atoms. The van der Waals surface area contributed by atoms with Crippen molar-refractivity contribution in [2.45, 2.75) is 50.7 Å². The molecule has 1 aromatic heterocycles. The van der Waals surface area contributed by atoms with E-state index in [1.807, 2.05) is 0 Å². The van der Waals surface area contributed by atoms with Crippen molar-refractivity contribution in [3.8, 4) is 0 Å². The molecule has 6 heteroatoms. The Labute approximate surface area is 103 Å². The second-order valence-electron chi connectivity index (χ2n) is 4.73. The number of carbonyl (C=O) groups excluding carboxylic acids is 1. The average molecular weight is 260 g/mol. The molecule has 1 fully saturated rings. The maximum Gasteiger partial charge on any atom is 0.395 e. The second-order valence-corrected chi connectivity index (χ2v) is 4.73. The van der Waals surface area contributed by atoms with Crippen molar-refractivity contribution in [3.63, 3.8) is 0 Å². The zero-order valence-corrected chi connectivity index (χ0v) is 9.91. The molecule has 0 saturated heterocycles. The van der Waals surface area contributed by atoms with Gasteiger partial charge in [0.05, 0.1) is 18.2 Å². The molecule has 0 atom stereocenters. The summed E-state index contributed by atoms with van der Waals surface area (Å²) in [5, 5.41) is 4.19. The van der Waals surface area contributed by atoms with Crippen molar-refractivity contribution in [1.29, 1.82) is 0 Å². The Hall–Kier alpha value is -1.33. The molecule has 0 spiro atoms. The summed E-state index contributed by atoms with van der Waals surface area (Å²) < 4.78 is 37.8. The minimum Gasteiger partial charge on any atom is -0.299 e. The number of ketones is 1. The fourth-order valence-electron chi connectivity index (χ4n) is 2.33. The molecule has 1 saturated carbocycles. The van der Waals surface area contributed by atoms with E-state index in [-0.39, 0.29) is 6.42 Å². The number of hydrogen-bond donors (Lipinski definition) is 0. The molecule has 0 amide bonds. The molecule has 1 aliphatic carbocycles. The lowest BCUT2D eigenvalue weighted by atomic mass is 10.2. The Morgan fingerprint density at radius 2 is 2.06 bits per heavy atom. The number of nitrogens with zero attached hydrogens (tertiary/aromatic N) is 2. The molecule has 3 nitrogen and oxygen atoms in total. The molecule has 0 aliphatic heterocycles. The van der Waals surface area contributed by atoms with Crippen LogP contribution in [-0.2, 0) is 11.2 Å². The summed E-state index contributed by atoms with van der Waals surface area (Å²) in [5.41, 5.74) is 0.427. The van der Waals surface area contributed by atoms with E-state index < -0.39 is 18.4 Å². The average Bonchev–Trinajstić information content (AvgIpc) is 2.82. The molecule has 0 bridgehead atoms. The van der Waals surface area contributed by atoms with E-state index in [0.29, 0.717) is 11.7 Å². The van der Waals surface area contributed by atoms with Gasteiger partial charge in [-0.05, 0) is 18.9 Å². The van der Waals surface area contributed by atoms with Gasteiger partial charge in [-0.25, -0.2) is 0 Å². The van der Waals surface area contributed by atoms with Crippen molar-refractivity contribution < 1.29 is 18.0 Å². The molecular weight excluding hydrogens is 245 g/mol. The minimum absolute atomic E-state index is 0.237. The van der Waals surface area contributed by atoms with Crippen molar-refractivity contribution in [2.75, 3.05) is 0 Å². The number of hydrogen-bond acceptors (Lipinski definition) is 2. The molecule has 2 rings (SSSR count). The van der Waals surface area contributed by atoms with Gasteiger partial charge in [0.25, 0.3) is 0 Å². The Balaban J connectivity index is 1.92. The fraction of sp³-hybridized carbons (Fsp3) is 0.667. The Kier molecular flexibility index (Phi) is 3.73. The number of carbonyl (C=O) groups is 1. The number of halogens is 3. The first kappa shape index (κ1) is 13.1. The highest BCUT2D eigenvalue weighted by Crippen LogP contribution is 2.28. The molecule has 1 aliphatic rings. The van der Waals surface area contributed by atoms with Crippen LogP contribution in [0.5, 0.6) is 0 Å². The summed E-state index contributed by atoms with van der Waals surface area (Å²) >= 11 is 0. The summed E-state index contributed by atoms with van der Waals surface area (Å²) in [6, 6.07) is 1.98. The summed E-state index contributed by atoms with van der Waals surface area (Å²) in [6.07, 6.45) is 0.148. The van der Waals surface area contributed by atoms with E-state index in [4.69, 9.17) is 0 Å². The van der Waals surface area contributed by atoms with Crippen LogP contribution in [0.3, 0.4) is 0 Å². The zero-order valence-electron chi connectivity index (χ0n) is 9.91. The van der Waals surface area contributed by atoms with Crippen LogP contribution in [0, 0.1) is 0 Å². The first-order valence-corrected chi connectivity index (χ1v) is 6.06. The van der Waals surface area contributed by atoms with Crippen LogP contribution in [0.2, 0.25) is 0 Å². The van der Waals surface area contributed by atoms with Crippen molar-refractivity contribution in [1.82, 2.24) is 9.78 Å². The Morgan fingerprint density at radius 1 is 1.39 bits per heavy atom. The maximum absolute atomic E-state index is 12.0. The highest BCUT2D eigenvalue weighted by molar-refractivity contribution is 5.80. The van der Waals surface area contributed by atoms with Gasteiger partial charge >= 0.3 is 6.18 Å². The molecule has 0 aromatic carbocycles. The van der Waals surface area contributed by atoms with E-state index in [0.717, 1.165) is 25.7 Å². The third-order valence-corrected chi connectivity index (χ3v) is 3.14. The maximum atomic E-state index is 12.0. The standard InChI is InChI=1S/C12H15F3N2O/c13-12(14,15)8-11(18)7-9-5-6-17(16-9)10-3-1-2-4-10/h5-6,10H,1-4,7-8H2. The zero-order chi connectivity index (χ0) is 13.2. The van der Waals surface area contributed by atoms with Crippen LogP contribution in [0.4, 0.5) is 13.2 Å². The Morgan fingerprint density at radius 3 is 2.67 bits per heavy atom. The van der Waals surface area contributed by atoms with Crippen molar-refractivity contribution in [2.24, 2.45) is 0 Å². The van der Waals surface area contributed by atoms with E-state index in [1.54, 1.807) is 16.9 Å². The van der Waals surface area contributed by atoms with Crippen molar-refractivity contribution in [3.05, 3.63) is 18.0 Å². The molecule has 0 radical (unpaired) electrons. The van der Waals surface area contributed by atoms with Gasteiger partial charge in [-0.1, -0.05) is 12.8 Å².